The maximum absolute atomic E-state index is 13.1. The Morgan fingerprint density at radius 1 is 0.939 bits per heavy atom. The second-order valence-electron chi connectivity index (χ2n) is 6.64. The molecule has 2 N–H and O–H groups in total. The van der Waals surface area contributed by atoms with Crippen LogP contribution in [-0.2, 0) is 0 Å². The van der Waals surface area contributed by atoms with Crippen molar-refractivity contribution >= 4 is 34.0 Å². The van der Waals surface area contributed by atoms with Crippen LogP contribution in [0.5, 0.6) is 11.5 Å². The highest BCUT2D eigenvalue weighted by Crippen LogP contribution is 2.30. The zero-order valence-corrected chi connectivity index (χ0v) is 18.4. The number of carbonyl (C=O) groups excluding carboxylic acids is 2. The van der Waals surface area contributed by atoms with Crippen LogP contribution >= 0.6 is 11.3 Å². The largest absolute Gasteiger partial charge is 0.493 e. The van der Waals surface area contributed by atoms with Crippen LogP contribution in [0.1, 0.15) is 20.8 Å². The van der Waals surface area contributed by atoms with E-state index in [-0.39, 0.29) is 16.6 Å². The molecule has 0 bridgehead atoms. The van der Waals surface area contributed by atoms with E-state index in [9.17, 15) is 14.0 Å². The van der Waals surface area contributed by atoms with E-state index >= 15 is 0 Å². The number of halogens is 1. The van der Waals surface area contributed by atoms with Crippen molar-refractivity contribution in [2.75, 3.05) is 24.9 Å². The summed E-state index contributed by atoms with van der Waals surface area (Å²) in [4.78, 5) is 25.2. The summed E-state index contributed by atoms with van der Waals surface area (Å²) in [5.74, 6) is -0.230. The van der Waals surface area contributed by atoms with E-state index < -0.39 is 11.7 Å². The summed E-state index contributed by atoms with van der Waals surface area (Å²) in [6.07, 6.45) is 1.66. The van der Waals surface area contributed by atoms with Crippen LogP contribution in [0.3, 0.4) is 0 Å². The lowest BCUT2D eigenvalue weighted by Crippen LogP contribution is -2.16. The first-order chi connectivity index (χ1) is 16.0. The van der Waals surface area contributed by atoms with E-state index in [1.54, 1.807) is 41.1 Å². The standard InChI is InChI=1S/C22H18FN5O4S/c1-31-17-10-9-15(12-18(17)32-2)24-20(30)16-4-3-11-28(16)22-27-26-21(33-22)25-19(29)13-5-7-14(23)8-6-13/h3-12H,1-2H3,(H,24,30)(H,25,26,29). The molecule has 0 saturated heterocycles. The fourth-order valence-corrected chi connectivity index (χ4v) is 3.71. The molecule has 33 heavy (non-hydrogen) atoms. The van der Waals surface area contributed by atoms with Crippen LogP contribution in [-0.4, -0.2) is 40.8 Å². The van der Waals surface area contributed by atoms with Gasteiger partial charge < -0.3 is 14.8 Å². The minimum Gasteiger partial charge on any atom is -0.493 e. The summed E-state index contributed by atoms with van der Waals surface area (Å²) in [5, 5.41) is 14.1. The number of rotatable bonds is 7. The van der Waals surface area contributed by atoms with Crippen molar-refractivity contribution in [3.8, 4) is 16.6 Å². The number of hydrogen-bond donors (Lipinski definition) is 2. The minimum absolute atomic E-state index is 0.235. The van der Waals surface area contributed by atoms with Crippen LogP contribution in [0.25, 0.3) is 5.13 Å². The molecule has 0 aliphatic carbocycles. The van der Waals surface area contributed by atoms with Gasteiger partial charge in [0.15, 0.2) is 11.5 Å². The zero-order chi connectivity index (χ0) is 23.4. The molecule has 0 aliphatic heterocycles. The molecule has 0 fully saturated rings. The monoisotopic (exact) mass is 467 g/mol. The summed E-state index contributed by atoms with van der Waals surface area (Å²) in [6.45, 7) is 0. The second-order valence-corrected chi connectivity index (χ2v) is 7.59. The van der Waals surface area contributed by atoms with Gasteiger partial charge in [-0.2, -0.15) is 0 Å². The lowest BCUT2D eigenvalue weighted by molar-refractivity contribution is 0.101. The number of anilines is 2. The molecule has 11 heteroatoms. The normalized spacial score (nSPS) is 10.5. The zero-order valence-electron chi connectivity index (χ0n) is 17.5. The number of nitrogens with zero attached hydrogens (tertiary/aromatic N) is 3. The van der Waals surface area contributed by atoms with Gasteiger partial charge in [0.1, 0.15) is 11.5 Å². The Morgan fingerprint density at radius 3 is 2.42 bits per heavy atom. The molecule has 0 radical (unpaired) electrons. The summed E-state index contributed by atoms with van der Waals surface area (Å²) >= 11 is 1.08. The number of aromatic nitrogens is 3. The van der Waals surface area contributed by atoms with E-state index in [0.717, 1.165) is 11.3 Å². The third-order valence-electron chi connectivity index (χ3n) is 4.57. The molecule has 2 heterocycles. The average Bonchev–Trinajstić information content (AvgIpc) is 3.49. The molecule has 9 nitrogen and oxygen atoms in total. The van der Waals surface area contributed by atoms with Gasteiger partial charge in [-0.05, 0) is 48.5 Å². The summed E-state index contributed by atoms with van der Waals surface area (Å²) < 4.78 is 25.1. The highest BCUT2D eigenvalue weighted by Gasteiger charge is 2.17. The molecule has 0 unspecified atom stereocenters. The SMILES string of the molecule is COc1ccc(NC(=O)c2cccn2-c2nnc(NC(=O)c3ccc(F)cc3)s2)cc1OC. The Labute approximate surface area is 191 Å². The average molecular weight is 467 g/mol. The van der Waals surface area contributed by atoms with Crippen molar-refractivity contribution in [1.82, 2.24) is 14.8 Å². The van der Waals surface area contributed by atoms with Crippen molar-refractivity contribution < 1.29 is 23.5 Å². The summed E-state index contributed by atoms with van der Waals surface area (Å²) in [5.41, 5.74) is 1.12. The van der Waals surface area contributed by atoms with E-state index in [4.69, 9.17) is 9.47 Å². The van der Waals surface area contributed by atoms with Crippen molar-refractivity contribution in [1.29, 1.82) is 0 Å². The Hall–Kier alpha value is -4.25. The predicted octanol–water partition coefficient (Wildman–Crippen LogP) is 3.99. The van der Waals surface area contributed by atoms with Crippen molar-refractivity contribution in [3.63, 3.8) is 0 Å². The molecule has 0 saturated carbocycles. The van der Waals surface area contributed by atoms with Gasteiger partial charge in [-0.25, -0.2) is 4.39 Å². The van der Waals surface area contributed by atoms with Gasteiger partial charge in [0, 0.05) is 23.5 Å². The van der Waals surface area contributed by atoms with Gasteiger partial charge in [-0.1, -0.05) is 11.3 Å². The molecular weight excluding hydrogens is 449 g/mol. The van der Waals surface area contributed by atoms with Crippen LogP contribution in [0.15, 0.2) is 60.8 Å². The number of methoxy groups -OCH3 is 2. The van der Waals surface area contributed by atoms with Crippen LogP contribution in [0.2, 0.25) is 0 Å². The van der Waals surface area contributed by atoms with E-state index in [1.807, 2.05) is 0 Å². The molecule has 2 aromatic heterocycles. The Morgan fingerprint density at radius 2 is 1.70 bits per heavy atom. The molecular formula is C22H18FN5O4S. The summed E-state index contributed by atoms with van der Waals surface area (Å²) in [7, 11) is 3.04. The van der Waals surface area contributed by atoms with Crippen LogP contribution in [0, 0.1) is 5.82 Å². The molecule has 0 aliphatic rings. The highest BCUT2D eigenvalue weighted by molar-refractivity contribution is 7.17. The van der Waals surface area contributed by atoms with E-state index in [0.29, 0.717) is 28.0 Å². The maximum atomic E-state index is 13.1. The number of amides is 2. The Bertz CT molecular complexity index is 1300. The highest BCUT2D eigenvalue weighted by atomic mass is 32.1. The van der Waals surface area contributed by atoms with Crippen LogP contribution < -0.4 is 20.1 Å². The van der Waals surface area contributed by atoms with Gasteiger partial charge in [-0.3, -0.25) is 19.5 Å². The molecule has 2 amide bonds. The molecule has 2 aromatic carbocycles. The van der Waals surface area contributed by atoms with Gasteiger partial charge in [0.05, 0.1) is 14.2 Å². The van der Waals surface area contributed by atoms with Gasteiger partial charge in [0.25, 0.3) is 11.8 Å². The third-order valence-corrected chi connectivity index (χ3v) is 5.41. The number of benzene rings is 2. The first-order valence-corrected chi connectivity index (χ1v) is 10.4. The second kappa shape index (κ2) is 9.49. The summed E-state index contributed by atoms with van der Waals surface area (Å²) in [6, 6.07) is 13.5. The maximum Gasteiger partial charge on any atom is 0.272 e. The quantitative estimate of drug-likeness (QED) is 0.426. The number of ether oxygens (including phenoxy) is 2. The van der Waals surface area contributed by atoms with Gasteiger partial charge >= 0.3 is 0 Å². The predicted molar refractivity (Wildman–Crippen MR) is 121 cm³/mol. The van der Waals surface area contributed by atoms with Crippen molar-refractivity contribution in [3.05, 3.63) is 77.9 Å². The number of hydrogen-bond acceptors (Lipinski definition) is 7. The lowest BCUT2D eigenvalue weighted by atomic mass is 10.2. The molecule has 168 valence electrons. The van der Waals surface area contributed by atoms with Crippen molar-refractivity contribution in [2.45, 2.75) is 0 Å². The molecule has 4 rings (SSSR count). The first kappa shape index (κ1) is 22.0. The topological polar surface area (TPSA) is 107 Å². The van der Waals surface area contributed by atoms with Gasteiger partial charge in [0.2, 0.25) is 10.3 Å². The molecule has 0 spiro atoms. The fourth-order valence-electron chi connectivity index (χ4n) is 2.98. The Balaban J connectivity index is 1.49. The van der Waals surface area contributed by atoms with E-state index in [1.165, 1.54) is 38.5 Å². The third kappa shape index (κ3) is 4.83. The van der Waals surface area contributed by atoms with Gasteiger partial charge in [-0.15, -0.1) is 10.2 Å². The number of carbonyl (C=O) groups is 2. The van der Waals surface area contributed by atoms with Crippen LogP contribution in [0.4, 0.5) is 15.2 Å². The molecule has 0 atom stereocenters. The van der Waals surface area contributed by atoms with E-state index in [2.05, 4.69) is 20.8 Å². The lowest BCUT2D eigenvalue weighted by Gasteiger charge is -2.11. The van der Waals surface area contributed by atoms with Crippen molar-refractivity contribution in [2.24, 2.45) is 0 Å². The molecule has 4 aromatic rings. The Kier molecular flexibility index (Phi) is 6.31. The minimum atomic E-state index is -0.448. The smallest absolute Gasteiger partial charge is 0.272 e. The fraction of sp³-hybridized carbons (Fsp3) is 0.0909. The first-order valence-electron chi connectivity index (χ1n) is 9.60. The number of nitrogens with one attached hydrogen (secondary N) is 2.